The Bertz CT molecular complexity index is 2090. The van der Waals surface area contributed by atoms with Crippen LogP contribution in [0.15, 0.2) is 97.1 Å². The Morgan fingerprint density at radius 1 is 0.581 bits per heavy atom. The van der Waals surface area contributed by atoms with Gasteiger partial charge >= 0.3 is 0 Å². The molecule has 0 N–H and O–H groups in total. The van der Waals surface area contributed by atoms with Crippen LogP contribution < -0.4 is 0 Å². The number of benzene rings is 5. The van der Waals surface area contributed by atoms with Gasteiger partial charge in [0.25, 0.3) is 0 Å². The Morgan fingerprint density at radius 3 is 1.70 bits per heavy atom. The van der Waals surface area contributed by atoms with Gasteiger partial charge in [0.1, 0.15) is 0 Å². The number of fused-ring (bicyclic) bond motifs is 6. The first-order valence-electron chi connectivity index (χ1n) is 15.6. The topological polar surface area (TPSA) is 4.93 Å². The second-order valence-electron chi connectivity index (χ2n) is 14.5. The molecule has 2 heterocycles. The molecule has 0 saturated heterocycles. The molecule has 0 atom stereocenters. The molecule has 0 bridgehead atoms. The molecule has 0 aliphatic rings. The first-order chi connectivity index (χ1) is 20.4. The summed E-state index contributed by atoms with van der Waals surface area (Å²) in [7, 11) is 0. The summed E-state index contributed by atoms with van der Waals surface area (Å²) in [6, 6.07) is 36.6. The van der Waals surface area contributed by atoms with Crippen LogP contribution in [0.5, 0.6) is 0 Å². The van der Waals surface area contributed by atoms with E-state index in [4.69, 9.17) is 0 Å². The van der Waals surface area contributed by atoms with E-state index in [1.807, 2.05) is 11.3 Å². The molecule has 0 saturated carbocycles. The molecule has 2 aromatic heterocycles. The van der Waals surface area contributed by atoms with E-state index in [1.165, 1.54) is 75.5 Å². The van der Waals surface area contributed by atoms with Crippen LogP contribution in [0.25, 0.3) is 58.8 Å². The van der Waals surface area contributed by atoms with Gasteiger partial charge in [-0.2, -0.15) is 0 Å². The van der Waals surface area contributed by atoms with Crippen LogP contribution in [0.2, 0.25) is 0 Å². The fraction of sp³-hybridized carbons (Fsp3) is 0.268. The summed E-state index contributed by atoms with van der Waals surface area (Å²) in [4.78, 5) is 0. The third-order valence-corrected chi connectivity index (χ3v) is 10.2. The third kappa shape index (κ3) is 4.50. The van der Waals surface area contributed by atoms with Gasteiger partial charge in [0.2, 0.25) is 0 Å². The van der Waals surface area contributed by atoms with Gasteiger partial charge in [0.15, 0.2) is 0 Å². The maximum atomic E-state index is 2.50. The molecule has 7 rings (SSSR count). The zero-order chi connectivity index (χ0) is 30.3. The fourth-order valence-electron chi connectivity index (χ4n) is 6.78. The number of nitrogens with zero attached hydrogens (tertiary/aromatic N) is 1. The lowest BCUT2D eigenvalue weighted by atomic mass is 9.78. The van der Waals surface area contributed by atoms with Gasteiger partial charge < -0.3 is 4.57 Å². The molecule has 0 aliphatic carbocycles. The van der Waals surface area contributed by atoms with E-state index < -0.39 is 0 Å². The quantitative estimate of drug-likeness (QED) is 0.196. The summed E-state index contributed by atoms with van der Waals surface area (Å²) >= 11 is 1.93. The Hall–Kier alpha value is -3.88. The minimum Gasteiger partial charge on any atom is -0.309 e. The highest BCUT2D eigenvalue weighted by atomic mass is 32.1. The summed E-state index contributed by atoms with van der Waals surface area (Å²) in [5.41, 5.74) is 10.8. The maximum Gasteiger partial charge on any atom is 0.0541 e. The van der Waals surface area contributed by atoms with E-state index in [-0.39, 0.29) is 10.8 Å². The van der Waals surface area contributed by atoms with Crippen LogP contribution in [-0.2, 0) is 10.8 Å². The number of aromatic nitrogens is 1. The van der Waals surface area contributed by atoms with E-state index in [2.05, 4.69) is 157 Å². The first kappa shape index (κ1) is 27.9. The second-order valence-corrected chi connectivity index (χ2v) is 15.6. The molecule has 2 heteroatoms. The monoisotopic (exact) mass is 579 g/mol. The maximum absolute atomic E-state index is 2.50. The lowest BCUT2D eigenvalue weighted by Crippen LogP contribution is -2.16. The minimum absolute atomic E-state index is 0.0629. The number of hydrogen-bond donors (Lipinski definition) is 0. The normalized spacial score (nSPS) is 12.9. The van der Waals surface area contributed by atoms with Crippen molar-refractivity contribution < 1.29 is 0 Å². The lowest BCUT2D eigenvalue weighted by molar-refractivity contribution is 0.569. The minimum atomic E-state index is 0.0629. The van der Waals surface area contributed by atoms with Gasteiger partial charge in [0.05, 0.1) is 16.7 Å². The van der Waals surface area contributed by atoms with Crippen LogP contribution in [0.3, 0.4) is 0 Å². The lowest BCUT2D eigenvalue weighted by Gasteiger charge is -2.26. The van der Waals surface area contributed by atoms with Crippen molar-refractivity contribution in [3.05, 3.63) is 114 Å². The van der Waals surface area contributed by atoms with Crippen LogP contribution in [0, 0.1) is 0 Å². The fourth-order valence-corrected chi connectivity index (χ4v) is 7.92. The smallest absolute Gasteiger partial charge is 0.0541 e. The van der Waals surface area contributed by atoms with Crippen molar-refractivity contribution in [3.63, 3.8) is 0 Å². The van der Waals surface area contributed by atoms with Crippen molar-refractivity contribution in [2.75, 3.05) is 0 Å². The third-order valence-electron chi connectivity index (χ3n) is 9.05. The van der Waals surface area contributed by atoms with Crippen molar-refractivity contribution in [1.29, 1.82) is 0 Å². The van der Waals surface area contributed by atoms with Gasteiger partial charge in [0, 0.05) is 30.9 Å². The summed E-state index contributed by atoms with van der Waals surface area (Å²) in [6.45, 7) is 18.7. The molecule has 43 heavy (non-hydrogen) atoms. The SMILES string of the molecule is CC(C)c1c(-n2c3ccccc3c3ccccc32)ccc2sc3cccc(-c4cc(C(C)(C)C)cc(C(C)(C)C)c4)c3c12. The highest BCUT2D eigenvalue weighted by Crippen LogP contribution is 2.47. The molecule has 0 radical (unpaired) electrons. The van der Waals surface area contributed by atoms with E-state index in [9.17, 15) is 0 Å². The average Bonchev–Trinajstić information content (AvgIpc) is 3.51. The van der Waals surface area contributed by atoms with E-state index in [1.54, 1.807) is 0 Å². The van der Waals surface area contributed by atoms with Gasteiger partial charge in [-0.3, -0.25) is 0 Å². The summed E-state index contributed by atoms with van der Waals surface area (Å²) in [5, 5.41) is 5.40. The van der Waals surface area contributed by atoms with Crippen LogP contribution >= 0.6 is 11.3 Å². The molecular weight excluding hydrogens is 539 g/mol. The molecule has 0 unspecified atom stereocenters. The Balaban J connectivity index is 1.61. The highest BCUT2D eigenvalue weighted by molar-refractivity contribution is 7.26. The summed E-state index contributed by atoms with van der Waals surface area (Å²) in [6.07, 6.45) is 0. The standard InChI is InChI=1S/C41H41NS/c1-25(2)37-34(42-32-17-11-9-14-30(32)31-15-10-12-18-33(31)42)20-21-36-39(37)38-29(16-13-19-35(38)43-36)26-22-27(40(3,4)5)24-28(23-26)41(6,7)8/h9-25H,1-8H3. The predicted molar refractivity (Wildman–Crippen MR) is 191 cm³/mol. The Kier molecular flexibility index (Phi) is 6.38. The molecular formula is C41H41NS. The van der Waals surface area contributed by atoms with Gasteiger partial charge in [-0.1, -0.05) is 122 Å². The molecule has 0 fully saturated rings. The van der Waals surface area contributed by atoms with E-state index in [0.717, 1.165) is 0 Å². The summed E-state index contributed by atoms with van der Waals surface area (Å²) in [5.74, 6) is 0.343. The molecule has 216 valence electrons. The van der Waals surface area contributed by atoms with Crippen molar-refractivity contribution in [3.8, 4) is 16.8 Å². The van der Waals surface area contributed by atoms with Crippen LogP contribution in [0.4, 0.5) is 0 Å². The van der Waals surface area contributed by atoms with Crippen molar-refractivity contribution in [1.82, 2.24) is 4.57 Å². The molecule has 0 spiro atoms. The van der Waals surface area contributed by atoms with Gasteiger partial charge in [-0.05, 0) is 74.9 Å². The Labute approximate surface area is 259 Å². The largest absolute Gasteiger partial charge is 0.309 e. The molecule has 7 aromatic rings. The number of rotatable bonds is 3. The van der Waals surface area contributed by atoms with Crippen molar-refractivity contribution >= 4 is 53.3 Å². The highest BCUT2D eigenvalue weighted by Gasteiger charge is 2.24. The molecule has 5 aromatic carbocycles. The number of hydrogen-bond acceptors (Lipinski definition) is 1. The van der Waals surface area contributed by atoms with E-state index in [0.29, 0.717) is 5.92 Å². The van der Waals surface area contributed by atoms with Gasteiger partial charge in [-0.15, -0.1) is 11.3 Å². The zero-order valence-electron chi connectivity index (χ0n) is 26.7. The number of thiophene rings is 1. The average molecular weight is 580 g/mol. The zero-order valence-corrected chi connectivity index (χ0v) is 27.5. The molecule has 1 nitrogen and oxygen atoms in total. The van der Waals surface area contributed by atoms with Crippen LogP contribution in [-0.4, -0.2) is 4.57 Å². The van der Waals surface area contributed by atoms with Crippen molar-refractivity contribution in [2.24, 2.45) is 0 Å². The summed E-state index contributed by atoms with van der Waals surface area (Å²) < 4.78 is 5.22. The Morgan fingerprint density at radius 2 is 1.14 bits per heavy atom. The van der Waals surface area contributed by atoms with Gasteiger partial charge in [-0.25, -0.2) is 0 Å². The first-order valence-corrected chi connectivity index (χ1v) is 16.4. The molecule has 0 amide bonds. The van der Waals surface area contributed by atoms with Crippen molar-refractivity contribution in [2.45, 2.75) is 72.1 Å². The number of para-hydroxylation sites is 2. The second kappa shape index (κ2) is 9.82. The van der Waals surface area contributed by atoms with Crippen LogP contribution in [0.1, 0.15) is 78.0 Å². The van der Waals surface area contributed by atoms with E-state index >= 15 is 0 Å². The molecule has 0 aliphatic heterocycles. The predicted octanol–water partition coefficient (Wildman–Crippen LogP) is 12.5.